The number of hydrogen-bond acceptors (Lipinski definition) is 5. The van der Waals surface area contributed by atoms with Crippen LogP contribution in [0.4, 0.5) is 0 Å². The van der Waals surface area contributed by atoms with Gasteiger partial charge < -0.3 is 14.6 Å². The van der Waals surface area contributed by atoms with Gasteiger partial charge in [0.15, 0.2) is 17.6 Å². The van der Waals surface area contributed by atoms with Crippen molar-refractivity contribution in [3.8, 4) is 11.5 Å². The molecule has 0 amide bonds. The monoisotopic (exact) mass is 444 g/mol. The van der Waals surface area contributed by atoms with Crippen LogP contribution in [0, 0.1) is 0 Å². The first-order valence-corrected chi connectivity index (χ1v) is 11.4. The molecule has 3 aromatic rings. The highest BCUT2D eigenvalue weighted by atomic mass is 16.6. The van der Waals surface area contributed by atoms with Crippen LogP contribution >= 0.6 is 0 Å². The maximum absolute atomic E-state index is 11.2. The first-order chi connectivity index (χ1) is 16.1. The minimum Gasteiger partial charge on any atom is -0.485 e. The zero-order valence-corrected chi connectivity index (χ0v) is 18.5. The molecular formula is C27H28N2O4. The second kappa shape index (κ2) is 9.65. The van der Waals surface area contributed by atoms with E-state index in [9.17, 15) is 9.90 Å². The number of para-hydroxylation sites is 2. The molecule has 1 N–H and O–H groups in total. The Bertz CT molecular complexity index is 1110. The van der Waals surface area contributed by atoms with Gasteiger partial charge in [0.25, 0.3) is 0 Å². The minimum absolute atomic E-state index is 0.0860. The van der Waals surface area contributed by atoms with E-state index >= 15 is 0 Å². The van der Waals surface area contributed by atoms with Gasteiger partial charge in [-0.25, -0.2) is 4.79 Å². The number of carbonyl (C=O) groups is 1. The van der Waals surface area contributed by atoms with Crippen LogP contribution in [-0.2, 0) is 13.1 Å². The molecular weight excluding hydrogens is 416 g/mol. The summed E-state index contributed by atoms with van der Waals surface area (Å²) in [6.45, 7) is 6.18. The molecule has 33 heavy (non-hydrogen) atoms. The first-order valence-electron chi connectivity index (χ1n) is 11.4. The molecule has 2 heterocycles. The van der Waals surface area contributed by atoms with E-state index in [1.165, 1.54) is 5.56 Å². The van der Waals surface area contributed by atoms with Gasteiger partial charge >= 0.3 is 5.97 Å². The van der Waals surface area contributed by atoms with Crippen LogP contribution < -0.4 is 9.47 Å². The fraction of sp³-hybridized carbons (Fsp3) is 0.296. The Morgan fingerprint density at radius 3 is 2.18 bits per heavy atom. The molecule has 6 nitrogen and oxygen atoms in total. The van der Waals surface area contributed by atoms with E-state index in [-0.39, 0.29) is 6.10 Å². The lowest BCUT2D eigenvalue weighted by Crippen LogP contribution is -2.45. The average molecular weight is 445 g/mol. The average Bonchev–Trinajstić information content (AvgIpc) is 2.85. The smallest absolute Gasteiger partial charge is 0.335 e. The number of carboxylic acids is 1. The summed E-state index contributed by atoms with van der Waals surface area (Å²) in [6.07, 6.45) is -0.0860. The number of piperazine rings is 1. The number of carboxylic acid groups (broad SMARTS) is 1. The van der Waals surface area contributed by atoms with E-state index in [0.717, 1.165) is 61.9 Å². The van der Waals surface area contributed by atoms with Crippen LogP contribution in [-0.4, -0.2) is 53.7 Å². The van der Waals surface area contributed by atoms with E-state index in [2.05, 4.69) is 34.1 Å². The van der Waals surface area contributed by atoms with Crippen LogP contribution in [0.25, 0.3) is 0 Å². The molecule has 0 aromatic heterocycles. The Balaban J connectivity index is 1.12. The SMILES string of the molecule is O=C(O)c1cccc(CN2CCN(Cc3ccc(C4COc5ccccc5O4)cc3)CC2)c1. The fourth-order valence-electron chi connectivity index (χ4n) is 4.45. The van der Waals surface area contributed by atoms with E-state index in [1.54, 1.807) is 12.1 Å². The van der Waals surface area contributed by atoms with Crippen molar-refractivity contribution < 1.29 is 19.4 Å². The van der Waals surface area contributed by atoms with E-state index in [1.807, 2.05) is 36.4 Å². The summed E-state index contributed by atoms with van der Waals surface area (Å²) in [5, 5.41) is 9.19. The van der Waals surface area contributed by atoms with Crippen LogP contribution in [0.1, 0.15) is 33.2 Å². The number of fused-ring (bicyclic) bond motifs is 1. The molecule has 0 aliphatic carbocycles. The number of benzene rings is 3. The van der Waals surface area contributed by atoms with E-state index < -0.39 is 5.97 Å². The number of rotatable bonds is 6. The summed E-state index contributed by atoms with van der Waals surface area (Å²) in [5.41, 5.74) is 3.82. The summed E-state index contributed by atoms with van der Waals surface area (Å²) >= 11 is 0. The molecule has 3 aromatic carbocycles. The third-order valence-corrected chi connectivity index (χ3v) is 6.31. The normalized spacial score (nSPS) is 18.7. The predicted octanol–water partition coefficient (Wildman–Crippen LogP) is 4.22. The van der Waals surface area contributed by atoms with Gasteiger partial charge in [0.05, 0.1) is 5.56 Å². The van der Waals surface area contributed by atoms with Gasteiger partial charge in [-0.2, -0.15) is 0 Å². The quantitative estimate of drug-likeness (QED) is 0.615. The molecule has 1 atom stereocenters. The van der Waals surface area contributed by atoms with Gasteiger partial charge in [-0.1, -0.05) is 48.5 Å². The summed E-state index contributed by atoms with van der Waals surface area (Å²) in [7, 11) is 0. The third-order valence-electron chi connectivity index (χ3n) is 6.31. The van der Waals surface area contributed by atoms with Gasteiger partial charge in [0.2, 0.25) is 0 Å². The Kier molecular flexibility index (Phi) is 6.28. The highest BCUT2D eigenvalue weighted by molar-refractivity contribution is 5.87. The Labute approximate surface area is 194 Å². The van der Waals surface area contributed by atoms with Gasteiger partial charge in [-0.15, -0.1) is 0 Å². The van der Waals surface area contributed by atoms with Crippen LogP contribution in [0.15, 0.2) is 72.8 Å². The van der Waals surface area contributed by atoms with Crippen molar-refractivity contribution in [1.82, 2.24) is 9.80 Å². The summed E-state index contributed by atoms with van der Waals surface area (Å²) < 4.78 is 12.0. The summed E-state index contributed by atoms with van der Waals surface area (Å²) in [6, 6.07) is 23.7. The van der Waals surface area contributed by atoms with Crippen molar-refractivity contribution >= 4 is 5.97 Å². The van der Waals surface area contributed by atoms with Crippen molar-refractivity contribution in [1.29, 1.82) is 0 Å². The second-order valence-electron chi connectivity index (χ2n) is 8.66. The second-order valence-corrected chi connectivity index (χ2v) is 8.66. The Morgan fingerprint density at radius 1 is 0.818 bits per heavy atom. The van der Waals surface area contributed by atoms with Gasteiger partial charge in [0.1, 0.15) is 6.61 Å². The molecule has 1 fully saturated rings. The lowest BCUT2D eigenvalue weighted by molar-refractivity contribution is 0.0696. The summed E-state index contributed by atoms with van der Waals surface area (Å²) in [5.74, 6) is 0.726. The molecule has 5 rings (SSSR count). The van der Waals surface area contributed by atoms with Crippen molar-refractivity contribution in [2.75, 3.05) is 32.8 Å². The molecule has 0 radical (unpaired) electrons. The zero-order valence-electron chi connectivity index (χ0n) is 18.5. The number of ether oxygens (including phenoxy) is 2. The maximum atomic E-state index is 11.2. The molecule has 170 valence electrons. The molecule has 2 aliphatic rings. The Hall–Kier alpha value is -3.35. The third kappa shape index (κ3) is 5.18. The van der Waals surface area contributed by atoms with Crippen LogP contribution in [0.5, 0.6) is 11.5 Å². The Morgan fingerprint density at radius 2 is 1.48 bits per heavy atom. The minimum atomic E-state index is -0.875. The van der Waals surface area contributed by atoms with Crippen molar-refractivity contribution in [3.63, 3.8) is 0 Å². The fourth-order valence-corrected chi connectivity index (χ4v) is 4.45. The number of hydrogen-bond donors (Lipinski definition) is 1. The lowest BCUT2D eigenvalue weighted by atomic mass is 10.1. The molecule has 1 unspecified atom stereocenters. The van der Waals surface area contributed by atoms with Crippen LogP contribution in [0.2, 0.25) is 0 Å². The van der Waals surface area contributed by atoms with Gasteiger partial charge in [0, 0.05) is 39.3 Å². The highest BCUT2D eigenvalue weighted by Gasteiger charge is 2.22. The number of aromatic carboxylic acids is 1. The molecule has 1 saturated heterocycles. The summed E-state index contributed by atoms with van der Waals surface area (Å²) in [4.78, 5) is 16.0. The van der Waals surface area contributed by atoms with Crippen molar-refractivity contribution in [3.05, 3.63) is 95.1 Å². The molecule has 0 bridgehead atoms. The maximum Gasteiger partial charge on any atom is 0.335 e. The molecule has 0 saturated carbocycles. The largest absolute Gasteiger partial charge is 0.485 e. The number of nitrogens with zero attached hydrogens (tertiary/aromatic N) is 2. The topological polar surface area (TPSA) is 62.2 Å². The van der Waals surface area contributed by atoms with Gasteiger partial charge in [-0.05, 0) is 41.0 Å². The van der Waals surface area contributed by atoms with Gasteiger partial charge in [-0.3, -0.25) is 9.80 Å². The van der Waals surface area contributed by atoms with E-state index in [4.69, 9.17) is 9.47 Å². The highest BCUT2D eigenvalue weighted by Crippen LogP contribution is 2.35. The van der Waals surface area contributed by atoms with Crippen LogP contribution in [0.3, 0.4) is 0 Å². The molecule has 0 spiro atoms. The molecule has 6 heteroatoms. The first kappa shape index (κ1) is 21.5. The molecule has 2 aliphatic heterocycles. The van der Waals surface area contributed by atoms with Crippen molar-refractivity contribution in [2.24, 2.45) is 0 Å². The zero-order chi connectivity index (χ0) is 22.6. The lowest BCUT2D eigenvalue weighted by Gasteiger charge is -2.34. The standard InChI is InChI=1S/C27H28N2O4/c30-27(31)23-5-3-4-21(16-23)18-29-14-12-28(13-15-29)17-20-8-10-22(11-9-20)26-19-32-24-6-1-2-7-25(24)33-26/h1-11,16,26H,12-15,17-19H2,(H,30,31). The van der Waals surface area contributed by atoms with E-state index in [0.29, 0.717) is 12.2 Å². The predicted molar refractivity (Wildman–Crippen MR) is 126 cm³/mol. The van der Waals surface area contributed by atoms with Crippen molar-refractivity contribution in [2.45, 2.75) is 19.2 Å².